The number of rotatable bonds is 4. The lowest BCUT2D eigenvalue weighted by Gasteiger charge is -2.35. The Labute approximate surface area is 142 Å². The second-order valence-corrected chi connectivity index (χ2v) is 6.96. The summed E-state index contributed by atoms with van der Waals surface area (Å²) in [6.07, 6.45) is 6.54. The van der Waals surface area contributed by atoms with Crippen LogP contribution in [0.15, 0.2) is 36.7 Å². The van der Waals surface area contributed by atoms with Crippen LogP contribution in [-0.4, -0.2) is 46.5 Å². The molecule has 5 nitrogen and oxygen atoms in total. The molecule has 0 atom stereocenters. The summed E-state index contributed by atoms with van der Waals surface area (Å²) < 4.78 is 2.13. The Bertz CT molecular complexity index is 709. The van der Waals surface area contributed by atoms with Crippen LogP contribution in [0.1, 0.15) is 28.9 Å². The molecule has 1 aliphatic carbocycles. The maximum absolute atomic E-state index is 12.8. The van der Waals surface area contributed by atoms with Gasteiger partial charge in [-0.25, -0.2) is 4.98 Å². The summed E-state index contributed by atoms with van der Waals surface area (Å²) >= 11 is 0. The van der Waals surface area contributed by atoms with E-state index in [2.05, 4.69) is 26.6 Å². The van der Waals surface area contributed by atoms with Gasteiger partial charge >= 0.3 is 0 Å². The van der Waals surface area contributed by atoms with Gasteiger partial charge < -0.3 is 14.4 Å². The van der Waals surface area contributed by atoms with E-state index in [4.69, 9.17) is 0 Å². The molecule has 1 aliphatic heterocycles. The van der Waals surface area contributed by atoms with Crippen LogP contribution in [-0.2, 0) is 6.54 Å². The van der Waals surface area contributed by atoms with Crippen molar-refractivity contribution in [2.24, 2.45) is 5.92 Å². The first-order chi connectivity index (χ1) is 11.7. The highest BCUT2D eigenvalue weighted by Crippen LogP contribution is 2.31. The van der Waals surface area contributed by atoms with Gasteiger partial charge in [-0.05, 0) is 49.4 Å². The first-order valence-corrected chi connectivity index (χ1v) is 8.83. The van der Waals surface area contributed by atoms with Gasteiger partial charge in [-0.1, -0.05) is 6.07 Å². The summed E-state index contributed by atoms with van der Waals surface area (Å²) in [4.78, 5) is 21.6. The minimum Gasteiger partial charge on any atom is -0.353 e. The monoisotopic (exact) mass is 324 g/mol. The van der Waals surface area contributed by atoms with Gasteiger partial charge in [0.05, 0.1) is 0 Å². The molecule has 126 valence electrons. The molecule has 2 aliphatic rings. The van der Waals surface area contributed by atoms with Crippen LogP contribution in [0.2, 0.25) is 0 Å². The average Bonchev–Trinajstić information content (AvgIpc) is 3.30. The van der Waals surface area contributed by atoms with Gasteiger partial charge in [-0.2, -0.15) is 0 Å². The smallest absolute Gasteiger partial charge is 0.270 e. The Kier molecular flexibility index (Phi) is 4.00. The maximum Gasteiger partial charge on any atom is 0.270 e. The maximum atomic E-state index is 12.8. The Hall–Kier alpha value is -2.30. The number of piperazine rings is 1. The number of hydrogen-bond donors (Lipinski definition) is 0. The molecule has 0 radical (unpaired) electrons. The normalized spacial score (nSPS) is 18.0. The van der Waals surface area contributed by atoms with Crippen molar-refractivity contribution in [2.45, 2.75) is 26.3 Å². The average molecular weight is 324 g/mol. The standard InChI is InChI=1S/C19H24N4O/c1-15-4-7-18(20-13-15)21-9-11-22(12-10-21)19(24)17-3-2-8-23(17)14-16-5-6-16/h2-4,7-8,13,16H,5-6,9-12,14H2,1H3. The Morgan fingerprint density at radius 1 is 1.17 bits per heavy atom. The molecule has 1 saturated carbocycles. The lowest BCUT2D eigenvalue weighted by Crippen LogP contribution is -2.49. The van der Waals surface area contributed by atoms with Crippen LogP contribution in [0, 0.1) is 12.8 Å². The van der Waals surface area contributed by atoms with E-state index in [1.165, 1.54) is 18.4 Å². The molecule has 0 bridgehead atoms. The molecule has 5 heteroatoms. The Morgan fingerprint density at radius 2 is 1.96 bits per heavy atom. The van der Waals surface area contributed by atoms with Crippen molar-refractivity contribution in [3.05, 3.63) is 47.9 Å². The van der Waals surface area contributed by atoms with Crippen molar-refractivity contribution in [3.8, 4) is 0 Å². The van der Waals surface area contributed by atoms with E-state index in [0.29, 0.717) is 0 Å². The predicted molar refractivity (Wildman–Crippen MR) is 94.2 cm³/mol. The molecular weight excluding hydrogens is 300 g/mol. The molecule has 1 amide bonds. The van der Waals surface area contributed by atoms with Crippen molar-refractivity contribution in [3.63, 3.8) is 0 Å². The highest BCUT2D eigenvalue weighted by molar-refractivity contribution is 5.93. The fourth-order valence-electron chi connectivity index (χ4n) is 3.29. The van der Waals surface area contributed by atoms with E-state index < -0.39 is 0 Å². The first kappa shape index (κ1) is 15.2. The van der Waals surface area contributed by atoms with E-state index in [9.17, 15) is 4.79 Å². The molecule has 1 saturated heterocycles. The molecule has 3 heterocycles. The van der Waals surface area contributed by atoms with Crippen LogP contribution in [0.4, 0.5) is 5.82 Å². The summed E-state index contributed by atoms with van der Waals surface area (Å²) in [6.45, 7) is 6.22. The summed E-state index contributed by atoms with van der Waals surface area (Å²) in [5.74, 6) is 1.94. The summed E-state index contributed by atoms with van der Waals surface area (Å²) in [7, 11) is 0. The van der Waals surface area contributed by atoms with Gasteiger partial charge in [0, 0.05) is 45.1 Å². The van der Waals surface area contributed by atoms with Gasteiger partial charge in [-0.15, -0.1) is 0 Å². The van der Waals surface area contributed by atoms with Crippen LogP contribution in [0.25, 0.3) is 0 Å². The van der Waals surface area contributed by atoms with E-state index in [-0.39, 0.29) is 5.91 Å². The fourth-order valence-corrected chi connectivity index (χ4v) is 3.29. The van der Waals surface area contributed by atoms with Crippen LogP contribution in [0.3, 0.4) is 0 Å². The summed E-state index contributed by atoms with van der Waals surface area (Å²) in [5.41, 5.74) is 2.01. The first-order valence-electron chi connectivity index (χ1n) is 8.83. The van der Waals surface area contributed by atoms with Crippen LogP contribution < -0.4 is 4.90 Å². The molecule has 4 rings (SSSR count). The van der Waals surface area contributed by atoms with Gasteiger partial charge in [0.25, 0.3) is 5.91 Å². The van der Waals surface area contributed by atoms with E-state index >= 15 is 0 Å². The molecule has 0 N–H and O–H groups in total. The summed E-state index contributed by atoms with van der Waals surface area (Å²) in [5, 5.41) is 0. The van der Waals surface area contributed by atoms with E-state index in [1.54, 1.807) is 0 Å². The number of aryl methyl sites for hydroxylation is 1. The minimum absolute atomic E-state index is 0.164. The third-order valence-corrected chi connectivity index (χ3v) is 4.99. The predicted octanol–water partition coefficient (Wildman–Crippen LogP) is 2.56. The topological polar surface area (TPSA) is 41.4 Å². The number of anilines is 1. The second kappa shape index (κ2) is 6.30. The zero-order valence-corrected chi connectivity index (χ0v) is 14.2. The molecule has 24 heavy (non-hydrogen) atoms. The number of aromatic nitrogens is 2. The van der Waals surface area contributed by atoms with Gasteiger partial charge in [0.2, 0.25) is 0 Å². The van der Waals surface area contributed by atoms with Gasteiger partial charge in [0.15, 0.2) is 0 Å². The SMILES string of the molecule is Cc1ccc(N2CCN(C(=O)c3cccn3CC3CC3)CC2)nc1. The number of amides is 1. The van der Waals surface area contributed by atoms with Crippen molar-refractivity contribution in [2.75, 3.05) is 31.1 Å². The fraction of sp³-hybridized carbons (Fsp3) is 0.474. The van der Waals surface area contributed by atoms with Crippen molar-refractivity contribution >= 4 is 11.7 Å². The molecule has 0 spiro atoms. The highest BCUT2D eigenvalue weighted by atomic mass is 16.2. The summed E-state index contributed by atoms with van der Waals surface area (Å²) in [6, 6.07) is 8.10. The second-order valence-electron chi connectivity index (χ2n) is 6.96. The third-order valence-electron chi connectivity index (χ3n) is 4.99. The molecular formula is C19H24N4O. The zero-order chi connectivity index (χ0) is 16.5. The quantitative estimate of drug-likeness (QED) is 0.868. The minimum atomic E-state index is 0.164. The largest absolute Gasteiger partial charge is 0.353 e. The molecule has 2 aromatic rings. The number of pyridine rings is 1. The lowest BCUT2D eigenvalue weighted by molar-refractivity contribution is 0.0735. The molecule has 2 fully saturated rings. The van der Waals surface area contributed by atoms with Crippen molar-refractivity contribution < 1.29 is 4.79 Å². The number of carbonyl (C=O) groups excluding carboxylic acids is 1. The molecule has 0 aromatic carbocycles. The lowest BCUT2D eigenvalue weighted by atomic mass is 10.2. The number of nitrogens with zero attached hydrogens (tertiary/aromatic N) is 4. The van der Waals surface area contributed by atoms with E-state index in [1.807, 2.05) is 36.4 Å². The molecule has 2 aromatic heterocycles. The van der Waals surface area contributed by atoms with Gasteiger partial charge in [0.1, 0.15) is 11.5 Å². The van der Waals surface area contributed by atoms with Gasteiger partial charge in [-0.3, -0.25) is 4.79 Å². The van der Waals surface area contributed by atoms with Crippen LogP contribution in [0.5, 0.6) is 0 Å². The Balaban J connectivity index is 1.39. The number of hydrogen-bond acceptors (Lipinski definition) is 3. The highest BCUT2D eigenvalue weighted by Gasteiger charge is 2.27. The third kappa shape index (κ3) is 3.16. The van der Waals surface area contributed by atoms with Crippen molar-refractivity contribution in [1.82, 2.24) is 14.5 Å². The molecule has 0 unspecified atom stereocenters. The van der Waals surface area contributed by atoms with Crippen molar-refractivity contribution in [1.29, 1.82) is 0 Å². The number of carbonyl (C=O) groups is 1. The Morgan fingerprint density at radius 3 is 2.62 bits per heavy atom. The zero-order valence-electron chi connectivity index (χ0n) is 14.2. The van der Waals surface area contributed by atoms with E-state index in [0.717, 1.165) is 50.2 Å². The van der Waals surface area contributed by atoms with Crippen LogP contribution >= 0.6 is 0 Å².